The van der Waals surface area contributed by atoms with Crippen LogP contribution in [0.4, 0.5) is 0 Å². The molecule has 2 atom stereocenters. The van der Waals surface area contributed by atoms with Gasteiger partial charge in [0.05, 0.1) is 6.07 Å². The lowest BCUT2D eigenvalue weighted by molar-refractivity contribution is -0.135. The fourth-order valence-electron chi connectivity index (χ4n) is 2.70. The van der Waals surface area contributed by atoms with E-state index in [0.717, 1.165) is 13.1 Å². The maximum Gasteiger partial charge on any atom is 0.237 e. The third-order valence-electron chi connectivity index (χ3n) is 3.49. The van der Waals surface area contributed by atoms with Crippen LogP contribution in [0.25, 0.3) is 0 Å². The van der Waals surface area contributed by atoms with Gasteiger partial charge in [-0.3, -0.25) is 9.69 Å². The Kier molecular flexibility index (Phi) is 2.92. The van der Waals surface area contributed by atoms with E-state index in [-0.39, 0.29) is 18.4 Å². The number of piperazine rings is 1. The topological polar surface area (TPSA) is 47.3 Å². The molecule has 15 heavy (non-hydrogen) atoms. The first-order chi connectivity index (χ1) is 7.22. The minimum absolute atomic E-state index is 0.00319. The summed E-state index contributed by atoms with van der Waals surface area (Å²) in [5.74, 6) is -0.00319. The van der Waals surface area contributed by atoms with E-state index in [9.17, 15) is 4.79 Å². The number of nitriles is 1. The first kappa shape index (κ1) is 10.4. The van der Waals surface area contributed by atoms with E-state index in [1.54, 1.807) is 0 Å². The first-order valence-electron chi connectivity index (χ1n) is 5.63. The fourth-order valence-corrected chi connectivity index (χ4v) is 2.70. The van der Waals surface area contributed by atoms with E-state index in [4.69, 9.17) is 5.26 Å². The van der Waals surface area contributed by atoms with Crippen LogP contribution in [0.2, 0.25) is 0 Å². The zero-order chi connectivity index (χ0) is 10.8. The van der Waals surface area contributed by atoms with Gasteiger partial charge < -0.3 is 4.90 Å². The van der Waals surface area contributed by atoms with Crippen LogP contribution in [-0.2, 0) is 4.79 Å². The minimum Gasteiger partial charge on any atom is -0.336 e. The van der Waals surface area contributed by atoms with Gasteiger partial charge in [-0.15, -0.1) is 0 Å². The number of rotatable bonds is 1. The molecule has 0 aromatic carbocycles. The van der Waals surface area contributed by atoms with E-state index in [1.165, 1.54) is 19.4 Å². The molecular formula is C11H17N3O. The molecule has 4 heteroatoms. The zero-order valence-corrected chi connectivity index (χ0v) is 9.15. The first-order valence-corrected chi connectivity index (χ1v) is 5.63. The summed E-state index contributed by atoms with van der Waals surface area (Å²) in [7, 11) is 0. The van der Waals surface area contributed by atoms with Gasteiger partial charge in [-0.05, 0) is 26.3 Å². The van der Waals surface area contributed by atoms with Crippen molar-refractivity contribution in [3.05, 3.63) is 0 Å². The molecule has 0 N–H and O–H groups in total. The van der Waals surface area contributed by atoms with Crippen LogP contribution in [0.5, 0.6) is 0 Å². The molecule has 2 aliphatic heterocycles. The van der Waals surface area contributed by atoms with Crippen molar-refractivity contribution in [1.29, 1.82) is 5.26 Å². The Labute approximate surface area is 90.5 Å². The Morgan fingerprint density at radius 1 is 1.53 bits per heavy atom. The Bertz CT molecular complexity index is 297. The van der Waals surface area contributed by atoms with Gasteiger partial charge in [0.25, 0.3) is 0 Å². The molecule has 2 unspecified atom stereocenters. The summed E-state index contributed by atoms with van der Waals surface area (Å²) in [5, 5.41) is 8.53. The predicted octanol–water partition coefficient (Wildman–Crippen LogP) is 0.595. The summed E-state index contributed by atoms with van der Waals surface area (Å²) in [6.45, 7) is 5.04. The molecule has 0 bridgehead atoms. The summed E-state index contributed by atoms with van der Waals surface area (Å²) in [6, 6.07) is 2.75. The second kappa shape index (κ2) is 4.19. The van der Waals surface area contributed by atoms with E-state index >= 15 is 0 Å². The Hall–Kier alpha value is -1.08. The van der Waals surface area contributed by atoms with Gasteiger partial charge >= 0.3 is 0 Å². The van der Waals surface area contributed by atoms with Crippen molar-refractivity contribution in [3.8, 4) is 6.07 Å². The molecule has 0 spiro atoms. The van der Waals surface area contributed by atoms with Crippen LogP contribution in [0.1, 0.15) is 26.2 Å². The van der Waals surface area contributed by atoms with Crippen LogP contribution >= 0.6 is 0 Å². The third-order valence-corrected chi connectivity index (χ3v) is 3.49. The van der Waals surface area contributed by atoms with Gasteiger partial charge in [0.1, 0.15) is 6.42 Å². The smallest absolute Gasteiger partial charge is 0.237 e. The third kappa shape index (κ3) is 1.98. The number of amides is 1. The highest BCUT2D eigenvalue weighted by atomic mass is 16.2. The summed E-state index contributed by atoms with van der Waals surface area (Å²) in [6.07, 6.45) is 2.47. The maximum absolute atomic E-state index is 11.7. The van der Waals surface area contributed by atoms with Crippen molar-refractivity contribution in [2.45, 2.75) is 38.3 Å². The van der Waals surface area contributed by atoms with E-state index in [0.29, 0.717) is 6.04 Å². The number of fused-ring (bicyclic) bond motifs is 1. The highest BCUT2D eigenvalue weighted by Crippen LogP contribution is 2.24. The molecule has 0 aliphatic carbocycles. The molecule has 4 nitrogen and oxygen atoms in total. The Morgan fingerprint density at radius 3 is 3.07 bits per heavy atom. The highest BCUT2D eigenvalue weighted by Gasteiger charge is 2.36. The van der Waals surface area contributed by atoms with Gasteiger partial charge in [0.15, 0.2) is 0 Å². The lowest BCUT2D eigenvalue weighted by Gasteiger charge is -2.42. The Balaban J connectivity index is 2.01. The molecule has 2 heterocycles. The molecule has 0 radical (unpaired) electrons. The highest BCUT2D eigenvalue weighted by molar-refractivity contribution is 5.78. The summed E-state index contributed by atoms with van der Waals surface area (Å²) < 4.78 is 0. The molecule has 2 rings (SSSR count). The summed E-state index contributed by atoms with van der Waals surface area (Å²) >= 11 is 0. The average Bonchev–Trinajstić information content (AvgIpc) is 2.63. The number of carbonyl (C=O) groups is 1. The molecule has 2 aliphatic rings. The molecule has 1 amide bonds. The number of hydrogen-bond acceptors (Lipinski definition) is 3. The van der Waals surface area contributed by atoms with Crippen molar-refractivity contribution < 1.29 is 4.79 Å². The van der Waals surface area contributed by atoms with Crippen molar-refractivity contribution in [3.63, 3.8) is 0 Å². The van der Waals surface area contributed by atoms with Gasteiger partial charge in [0.2, 0.25) is 5.91 Å². The Morgan fingerprint density at radius 2 is 2.33 bits per heavy atom. The molecule has 2 fully saturated rings. The van der Waals surface area contributed by atoms with Crippen LogP contribution in [-0.4, -0.2) is 47.4 Å². The fraction of sp³-hybridized carbons (Fsp3) is 0.818. The largest absolute Gasteiger partial charge is 0.336 e. The maximum atomic E-state index is 11.7. The van der Waals surface area contributed by atoms with Crippen molar-refractivity contribution in [1.82, 2.24) is 9.80 Å². The summed E-state index contributed by atoms with van der Waals surface area (Å²) in [4.78, 5) is 16.0. The van der Waals surface area contributed by atoms with Crippen LogP contribution in [0, 0.1) is 11.3 Å². The van der Waals surface area contributed by atoms with Crippen molar-refractivity contribution >= 4 is 5.91 Å². The van der Waals surface area contributed by atoms with Gasteiger partial charge in [-0.2, -0.15) is 5.26 Å². The van der Waals surface area contributed by atoms with Gasteiger partial charge in [-0.25, -0.2) is 0 Å². The second-order valence-corrected chi connectivity index (χ2v) is 4.52. The number of nitrogens with zero attached hydrogens (tertiary/aromatic N) is 3. The molecule has 0 aromatic rings. The van der Waals surface area contributed by atoms with Crippen LogP contribution in [0.15, 0.2) is 0 Å². The summed E-state index contributed by atoms with van der Waals surface area (Å²) in [5.41, 5.74) is 0. The monoisotopic (exact) mass is 207 g/mol. The lowest BCUT2D eigenvalue weighted by Crippen LogP contribution is -2.56. The zero-order valence-electron chi connectivity index (χ0n) is 9.15. The molecule has 0 aromatic heterocycles. The molecular weight excluding hydrogens is 190 g/mol. The minimum atomic E-state index is -0.00319. The quantitative estimate of drug-likeness (QED) is 0.632. The average molecular weight is 207 g/mol. The van der Waals surface area contributed by atoms with E-state index in [1.807, 2.05) is 11.0 Å². The molecule has 82 valence electrons. The molecule has 0 saturated carbocycles. The van der Waals surface area contributed by atoms with Crippen LogP contribution < -0.4 is 0 Å². The van der Waals surface area contributed by atoms with Crippen LogP contribution in [0.3, 0.4) is 0 Å². The standard InChI is InChI=1S/C11H17N3O/c1-9-7-13-6-2-3-10(13)8-14(9)11(15)4-5-12/h9-10H,2-4,6-8H2,1H3. The SMILES string of the molecule is CC1CN2CCCC2CN1C(=O)CC#N. The second-order valence-electron chi connectivity index (χ2n) is 4.52. The predicted molar refractivity (Wildman–Crippen MR) is 56.0 cm³/mol. The number of hydrogen-bond donors (Lipinski definition) is 0. The van der Waals surface area contributed by atoms with Crippen molar-refractivity contribution in [2.24, 2.45) is 0 Å². The van der Waals surface area contributed by atoms with E-state index < -0.39 is 0 Å². The normalized spacial score (nSPS) is 31.1. The lowest BCUT2D eigenvalue weighted by atomic mass is 10.1. The molecule has 2 saturated heterocycles. The number of carbonyl (C=O) groups excluding carboxylic acids is 1. The van der Waals surface area contributed by atoms with Gasteiger partial charge in [-0.1, -0.05) is 0 Å². The van der Waals surface area contributed by atoms with Crippen molar-refractivity contribution in [2.75, 3.05) is 19.6 Å². The van der Waals surface area contributed by atoms with E-state index in [2.05, 4.69) is 11.8 Å². The van der Waals surface area contributed by atoms with Gasteiger partial charge in [0, 0.05) is 25.2 Å².